The average Bonchev–Trinajstić information content (AvgIpc) is 4.44. The summed E-state index contributed by atoms with van der Waals surface area (Å²) in [5.41, 5.74) is 26.8. The van der Waals surface area contributed by atoms with Crippen LogP contribution in [0.4, 0.5) is 0 Å². The van der Waals surface area contributed by atoms with Crippen LogP contribution < -0.4 is 0 Å². The van der Waals surface area contributed by atoms with Crippen molar-refractivity contribution in [2.24, 2.45) is 0 Å². The van der Waals surface area contributed by atoms with Crippen LogP contribution in [0.1, 0.15) is 74.7 Å². The molecule has 4 heteroatoms. The molecule has 2 aromatic heterocycles. The molecule has 10 aromatic carbocycles. The highest BCUT2D eigenvalue weighted by molar-refractivity contribution is 6.12. The number of hydrogen-bond acceptors (Lipinski definition) is 3. The molecule has 4 nitrogen and oxygen atoms in total. The summed E-state index contributed by atoms with van der Waals surface area (Å²) in [7, 11) is 0. The first kappa shape index (κ1) is 46.9. The molecule has 3 aliphatic rings. The quantitative estimate of drug-likeness (QED) is 0.152. The Kier molecular flexibility index (Phi) is 10.4. The van der Waals surface area contributed by atoms with E-state index in [4.69, 9.17) is 4.42 Å². The van der Waals surface area contributed by atoms with Crippen molar-refractivity contribution in [1.29, 1.82) is 0 Å². The van der Waals surface area contributed by atoms with Crippen molar-refractivity contribution in [3.8, 4) is 83.9 Å². The molecule has 15 rings (SSSR count). The summed E-state index contributed by atoms with van der Waals surface area (Å²) in [6.07, 6.45) is 7.47. The third kappa shape index (κ3) is 7.35. The third-order valence-corrected chi connectivity index (χ3v) is 17.9. The Labute approximate surface area is 461 Å². The molecule has 1 atom stereocenters. The van der Waals surface area contributed by atoms with Crippen molar-refractivity contribution >= 4 is 27.4 Å². The molecule has 79 heavy (non-hydrogen) atoms. The summed E-state index contributed by atoms with van der Waals surface area (Å²) < 4.78 is 8.63. The van der Waals surface area contributed by atoms with Gasteiger partial charge in [-0.15, -0.1) is 10.2 Å². The van der Waals surface area contributed by atoms with Crippen molar-refractivity contribution in [3.05, 3.63) is 276 Å². The molecule has 12 aromatic rings. The molecule has 378 valence electrons. The molecule has 0 saturated heterocycles. The minimum atomic E-state index is -0.262. The molecular formula is C75H57N3O. The van der Waals surface area contributed by atoms with Crippen molar-refractivity contribution in [1.82, 2.24) is 14.8 Å². The van der Waals surface area contributed by atoms with Gasteiger partial charge in [0.2, 0.25) is 11.8 Å². The molecular weight excluding hydrogens is 959 g/mol. The van der Waals surface area contributed by atoms with E-state index in [2.05, 4.69) is 262 Å². The molecule has 0 radical (unpaired) electrons. The lowest BCUT2D eigenvalue weighted by Crippen LogP contribution is -2.21. The van der Waals surface area contributed by atoms with Gasteiger partial charge in [-0.25, -0.2) is 0 Å². The zero-order valence-electron chi connectivity index (χ0n) is 45.1. The Hall–Kier alpha value is -9.38. The van der Waals surface area contributed by atoms with E-state index in [1.165, 1.54) is 116 Å². The second kappa shape index (κ2) is 17.6. The summed E-state index contributed by atoms with van der Waals surface area (Å²) in [5, 5.41) is 11.3. The van der Waals surface area contributed by atoms with Crippen LogP contribution in [0.5, 0.6) is 0 Å². The largest absolute Gasteiger partial charge is 0.416 e. The minimum absolute atomic E-state index is 0.0855. The summed E-state index contributed by atoms with van der Waals surface area (Å²) in [4.78, 5) is 0. The highest BCUT2D eigenvalue weighted by Gasteiger charge is 2.37. The van der Waals surface area contributed by atoms with E-state index in [0.29, 0.717) is 11.8 Å². The Morgan fingerprint density at radius 1 is 0.367 bits per heavy atom. The molecule has 0 N–H and O–H groups in total. The van der Waals surface area contributed by atoms with Gasteiger partial charge in [0.25, 0.3) is 0 Å². The maximum atomic E-state index is 6.17. The van der Waals surface area contributed by atoms with Gasteiger partial charge in [-0.1, -0.05) is 217 Å². The van der Waals surface area contributed by atoms with Gasteiger partial charge in [-0.2, -0.15) is 0 Å². The monoisotopic (exact) mass is 1020 g/mol. The van der Waals surface area contributed by atoms with Crippen LogP contribution in [-0.2, 0) is 16.2 Å². The van der Waals surface area contributed by atoms with Crippen LogP contribution in [0.15, 0.2) is 247 Å². The van der Waals surface area contributed by atoms with Crippen LogP contribution in [0.2, 0.25) is 0 Å². The van der Waals surface area contributed by atoms with E-state index in [1.54, 1.807) is 0 Å². The fraction of sp³-hybridized carbons (Fsp3) is 0.120. The second-order valence-electron chi connectivity index (χ2n) is 23.2. The van der Waals surface area contributed by atoms with Gasteiger partial charge < -0.3 is 8.98 Å². The summed E-state index contributed by atoms with van der Waals surface area (Å²) in [6, 6.07) is 83.1. The van der Waals surface area contributed by atoms with E-state index in [9.17, 15) is 0 Å². The van der Waals surface area contributed by atoms with Crippen LogP contribution in [0, 0.1) is 0 Å². The van der Waals surface area contributed by atoms with Gasteiger partial charge in [0.05, 0.1) is 11.0 Å². The molecule has 0 spiro atoms. The number of fused-ring (bicyclic) bond motifs is 9. The SMILES string of the molecule is CC1(c2ccccc2-c2ccccc2-c2ccc(-n3c4ccc(-c5ccc6c(c5)C(C)(C)c5ccccc5-6)cc4c4cc(-c5ccc6c(c5)C(C)(C)c5ccccc5-6)ccc43)cc2)C=CC(c2nnc(-c3ccccc3)o2)=CC1. The standard InChI is InChI=1S/C75H57N3O/c1-73(2)64-24-14-11-22-58(64)60-35-29-52(45-67(60)73)50-31-37-69-62(43-50)63-44-51(53-30-36-61-59-23-12-15-25-65(59)74(3,4)68(61)46-53)32-38-70(63)78(69)54-33-27-47(28-34-54)55-19-9-10-20-56(55)57-21-13-16-26-66(57)75(5)41-39-49(40-42-75)72-77-76-71(79-72)48-17-7-6-8-18-48/h6-41,43-46H,42H2,1-5H3. The van der Waals surface area contributed by atoms with Gasteiger partial charge in [0.15, 0.2) is 0 Å². The van der Waals surface area contributed by atoms with E-state index in [1.807, 2.05) is 30.3 Å². The Morgan fingerprint density at radius 2 is 0.810 bits per heavy atom. The molecule has 2 heterocycles. The van der Waals surface area contributed by atoms with E-state index >= 15 is 0 Å². The van der Waals surface area contributed by atoms with E-state index in [0.717, 1.165) is 23.2 Å². The average molecular weight is 1020 g/mol. The predicted octanol–water partition coefficient (Wildman–Crippen LogP) is 19.4. The molecule has 0 saturated carbocycles. The van der Waals surface area contributed by atoms with Crippen molar-refractivity contribution in [3.63, 3.8) is 0 Å². The smallest absolute Gasteiger partial charge is 0.248 e. The predicted molar refractivity (Wildman–Crippen MR) is 326 cm³/mol. The number of allylic oxidation sites excluding steroid dienone is 4. The Bertz CT molecular complexity index is 4360. The normalized spacial score (nSPS) is 16.4. The molecule has 0 fully saturated rings. The maximum absolute atomic E-state index is 6.17. The highest BCUT2D eigenvalue weighted by atomic mass is 16.4. The van der Waals surface area contributed by atoms with Crippen molar-refractivity contribution < 1.29 is 4.42 Å². The molecule has 3 aliphatic carbocycles. The molecule has 0 aliphatic heterocycles. The lowest BCUT2D eigenvalue weighted by Gasteiger charge is -2.31. The third-order valence-electron chi connectivity index (χ3n) is 17.9. The zero-order valence-corrected chi connectivity index (χ0v) is 45.1. The Balaban J connectivity index is 0.805. The number of hydrogen-bond donors (Lipinski definition) is 0. The molecule has 0 bridgehead atoms. The van der Waals surface area contributed by atoms with E-state index < -0.39 is 0 Å². The van der Waals surface area contributed by atoms with Gasteiger partial charge in [0, 0.05) is 43.8 Å². The van der Waals surface area contributed by atoms with Gasteiger partial charge in [-0.3, -0.25) is 0 Å². The maximum Gasteiger partial charge on any atom is 0.248 e. The Morgan fingerprint density at radius 3 is 1.37 bits per heavy atom. The summed E-state index contributed by atoms with van der Waals surface area (Å²) in [6.45, 7) is 11.8. The van der Waals surface area contributed by atoms with Crippen molar-refractivity contribution in [2.45, 2.75) is 57.3 Å². The summed E-state index contributed by atoms with van der Waals surface area (Å²) >= 11 is 0. The lowest BCUT2D eigenvalue weighted by atomic mass is 9.73. The number of rotatable bonds is 8. The first-order valence-electron chi connectivity index (χ1n) is 27.7. The van der Waals surface area contributed by atoms with Crippen LogP contribution in [0.3, 0.4) is 0 Å². The van der Waals surface area contributed by atoms with Crippen molar-refractivity contribution in [2.75, 3.05) is 0 Å². The van der Waals surface area contributed by atoms with Crippen LogP contribution in [0.25, 0.3) is 111 Å². The first-order chi connectivity index (χ1) is 38.5. The summed E-state index contributed by atoms with van der Waals surface area (Å²) in [5.74, 6) is 1.06. The number of benzene rings is 10. The highest BCUT2D eigenvalue weighted by Crippen LogP contribution is 2.52. The minimum Gasteiger partial charge on any atom is -0.416 e. The zero-order chi connectivity index (χ0) is 53.2. The first-order valence-corrected chi connectivity index (χ1v) is 27.7. The molecule has 1 unspecified atom stereocenters. The molecule has 0 amide bonds. The number of aromatic nitrogens is 3. The fourth-order valence-electron chi connectivity index (χ4n) is 13.5. The second-order valence-corrected chi connectivity index (χ2v) is 23.2. The topological polar surface area (TPSA) is 43.9 Å². The van der Waals surface area contributed by atoms with Gasteiger partial charge in [-0.05, 0) is 162 Å². The van der Waals surface area contributed by atoms with Gasteiger partial charge >= 0.3 is 0 Å². The van der Waals surface area contributed by atoms with Gasteiger partial charge in [0.1, 0.15) is 0 Å². The number of nitrogens with zero attached hydrogens (tertiary/aromatic N) is 3. The lowest BCUT2D eigenvalue weighted by molar-refractivity contribution is 0.550. The van der Waals surface area contributed by atoms with E-state index in [-0.39, 0.29) is 16.2 Å². The van der Waals surface area contributed by atoms with Crippen LogP contribution in [-0.4, -0.2) is 14.8 Å². The van der Waals surface area contributed by atoms with Crippen LogP contribution >= 0.6 is 0 Å². The fourth-order valence-corrected chi connectivity index (χ4v) is 13.5.